The van der Waals surface area contributed by atoms with Gasteiger partial charge >= 0.3 is 0 Å². The molecule has 0 amide bonds. The number of aromatic nitrogens is 2. The van der Waals surface area contributed by atoms with Crippen molar-refractivity contribution in [1.82, 2.24) is 9.97 Å². The number of nitrogen functional groups attached to an aromatic ring is 1. The second kappa shape index (κ2) is 5.48. The minimum absolute atomic E-state index is 0.0268. The van der Waals surface area contributed by atoms with Crippen LogP contribution in [0.3, 0.4) is 0 Å². The molecule has 106 valence electrons. The fourth-order valence-electron chi connectivity index (χ4n) is 2.32. The predicted octanol–water partition coefficient (Wildman–Crippen LogP) is 1.34. The van der Waals surface area contributed by atoms with E-state index in [0.717, 1.165) is 0 Å². The first-order valence-corrected chi connectivity index (χ1v) is 6.48. The molecule has 1 aromatic rings. The van der Waals surface area contributed by atoms with Crippen LogP contribution >= 0.6 is 11.6 Å². The average molecular weight is 287 g/mol. The third-order valence-corrected chi connectivity index (χ3v) is 3.29. The Bertz CT molecular complexity index is 455. The van der Waals surface area contributed by atoms with Crippen LogP contribution in [0.4, 0.5) is 11.6 Å². The molecule has 0 spiro atoms. The lowest BCUT2D eigenvalue weighted by Crippen LogP contribution is -2.54. The molecule has 2 rings (SSSR count). The Hall–Kier alpha value is -1.11. The van der Waals surface area contributed by atoms with E-state index in [2.05, 4.69) is 14.9 Å². The van der Waals surface area contributed by atoms with Gasteiger partial charge in [-0.15, -0.1) is 0 Å². The molecule has 1 aromatic heterocycles. The number of morpholine rings is 1. The molecule has 2 N–H and O–H groups in total. The SMILES string of the molecule is COC[C@H]1CN(c2ncnc(N)c2Cl)CC(C)(C)O1. The minimum atomic E-state index is -0.301. The van der Waals surface area contributed by atoms with Gasteiger partial charge in [-0.05, 0) is 13.8 Å². The molecule has 0 unspecified atom stereocenters. The standard InChI is InChI=1S/C12H19ClN4O2/c1-12(2)6-17(4-8(19-12)5-18-3)11-9(13)10(14)15-7-16-11/h7-8H,4-6H2,1-3H3,(H2,14,15,16)/t8-/m1/s1. The van der Waals surface area contributed by atoms with Crippen molar-refractivity contribution in [3.63, 3.8) is 0 Å². The van der Waals surface area contributed by atoms with Crippen molar-refractivity contribution in [1.29, 1.82) is 0 Å². The highest BCUT2D eigenvalue weighted by Gasteiger charge is 2.35. The largest absolute Gasteiger partial charge is 0.382 e. The molecule has 0 radical (unpaired) electrons. The van der Waals surface area contributed by atoms with Crippen LogP contribution in [-0.4, -0.2) is 48.5 Å². The van der Waals surface area contributed by atoms with E-state index in [9.17, 15) is 0 Å². The van der Waals surface area contributed by atoms with Crippen LogP contribution in [-0.2, 0) is 9.47 Å². The Morgan fingerprint density at radius 1 is 1.58 bits per heavy atom. The monoisotopic (exact) mass is 286 g/mol. The topological polar surface area (TPSA) is 73.5 Å². The molecule has 19 heavy (non-hydrogen) atoms. The summed E-state index contributed by atoms with van der Waals surface area (Å²) in [6.45, 7) is 5.93. The number of rotatable bonds is 3. The summed E-state index contributed by atoms with van der Waals surface area (Å²) in [5, 5.41) is 0.386. The molecule has 1 atom stereocenters. The Morgan fingerprint density at radius 3 is 3.00 bits per heavy atom. The van der Waals surface area contributed by atoms with E-state index in [0.29, 0.717) is 36.4 Å². The van der Waals surface area contributed by atoms with E-state index < -0.39 is 0 Å². The molecule has 7 heteroatoms. The molecule has 2 heterocycles. The lowest BCUT2D eigenvalue weighted by Gasteiger charge is -2.43. The maximum Gasteiger partial charge on any atom is 0.153 e. The van der Waals surface area contributed by atoms with Gasteiger partial charge in [-0.1, -0.05) is 11.6 Å². The van der Waals surface area contributed by atoms with Gasteiger partial charge in [0.2, 0.25) is 0 Å². The van der Waals surface area contributed by atoms with Crippen LogP contribution in [0.15, 0.2) is 6.33 Å². The number of halogens is 1. The van der Waals surface area contributed by atoms with Crippen LogP contribution in [0.25, 0.3) is 0 Å². The van der Waals surface area contributed by atoms with Crippen LogP contribution in [0, 0.1) is 0 Å². The van der Waals surface area contributed by atoms with E-state index in [1.54, 1.807) is 7.11 Å². The van der Waals surface area contributed by atoms with Gasteiger partial charge in [-0.25, -0.2) is 9.97 Å². The lowest BCUT2D eigenvalue weighted by molar-refractivity contribution is -0.106. The van der Waals surface area contributed by atoms with Gasteiger partial charge in [-0.3, -0.25) is 0 Å². The third kappa shape index (κ3) is 3.26. The number of ether oxygens (including phenoxy) is 2. The Morgan fingerprint density at radius 2 is 2.32 bits per heavy atom. The Balaban J connectivity index is 2.25. The van der Waals surface area contributed by atoms with Crippen LogP contribution < -0.4 is 10.6 Å². The van der Waals surface area contributed by atoms with Gasteiger partial charge in [-0.2, -0.15) is 0 Å². The molecular formula is C12H19ClN4O2. The van der Waals surface area contributed by atoms with Crippen molar-refractivity contribution in [2.75, 3.05) is 37.4 Å². The van der Waals surface area contributed by atoms with Crippen molar-refractivity contribution in [2.24, 2.45) is 0 Å². The summed E-state index contributed by atoms with van der Waals surface area (Å²) >= 11 is 6.18. The summed E-state index contributed by atoms with van der Waals surface area (Å²) in [4.78, 5) is 10.2. The minimum Gasteiger partial charge on any atom is -0.382 e. The second-order valence-corrected chi connectivity index (χ2v) is 5.61. The van der Waals surface area contributed by atoms with Crippen molar-refractivity contribution in [3.05, 3.63) is 11.3 Å². The Labute approximate surface area is 117 Å². The van der Waals surface area contributed by atoms with E-state index in [4.69, 9.17) is 26.8 Å². The van der Waals surface area contributed by atoms with Gasteiger partial charge in [0, 0.05) is 20.2 Å². The van der Waals surface area contributed by atoms with Crippen molar-refractivity contribution in [3.8, 4) is 0 Å². The highest BCUT2D eigenvalue weighted by Crippen LogP contribution is 2.31. The van der Waals surface area contributed by atoms with Gasteiger partial charge in [0.1, 0.15) is 17.2 Å². The first-order chi connectivity index (χ1) is 8.93. The molecule has 6 nitrogen and oxygen atoms in total. The maximum absolute atomic E-state index is 6.18. The van der Waals surface area contributed by atoms with E-state index in [-0.39, 0.29) is 11.7 Å². The molecule has 0 bridgehead atoms. The molecule has 0 saturated carbocycles. The quantitative estimate of drug-likeness (QED) is 0.904. The van der Waals surface area contributed by atoms with Crippen molar-refractivity contribution >= 4 is 23.2 Å². The van der Waals surface area contributed by atoms with Crippen LogP contribution in [0.5, 0.6) is 0 Å². The summed E-state index contributed by atoms with van der Waals surface area (Å²) in [5.41, 5.74) is 5.42. The molecule has 1 aliphatic rings. The zero-order chi connectivity index (χ0) is 14.0. The highest BCUT2D eigenvalue weighted by atomic mass is 35.5. The summed E-state index contributed by atoms with van der Waals surface area (Å²) in [5.74, 6) is 0.936. The van der Waals surface area contributed by atoms with Crippen LogP contribution in [0.2, 0.25) is 5.02 Å². The van der Waals surface area contributed by atoms with Gasteiger partial charge in [0.05, 0.1) is 18.3 Å². The molecule has 1 aliphatic heterocycles. The molecular weight excluding hydrogens is 268 g/mol. The van der Waals surface area contributed by atoms with E-state index in [1.165, 1.54) is 6.33 Å². The van der Waals surface area contributed by atoms with Gasteiger partial charge in [0.25, 0.3) is 0 Å². The number of methoxy groups -OCH3 is 1. The zero-order valence-corrected chi connectivity index (χ0v) is 12.1. The van der Waals surface area contributed by atoms with Gasteiger partial charge < -0.3 is 20.1 Å². The Kier molecular flexibility index (Phi) is 4.13. The third-order valence-electron chi connectivity index (χ3n) is 2.93. The summed E-state index contributed by atoms with van der Waals surface area (Å²) in [6.07, 6.45) is 1.39. The highest BCUT2D eigenvalue weighted by molar-refractivity contribution is 6.35. The molecule has 1 fully saturated rings. The summed E-state index contributed by atoms with van der Waals surface area (Å²) < 4.78 is 11.1. The molecule has 0 aromatic carbocycles. The number of anilines is 2. The van der Waals surface area contributed by atoms with Crippen molar-refractivity contribution < 1.29 is 9.47 Å². The first kappa shape index (κ1) is 14.3. The van der Waals surface area contributed by atoms with E-state index >= 15 is 0 Å². The normalized spacial score (nSPS) is 22.5. The number of hydrogen-bond donors (Lipinski definition) is 1. The maximum atomic E-state index is 6.18. The number of nitrogens with zero attached hydrogens (tertiary/aromatic N) is 3. The van der Waals surface area contributed by atoms with Crippen LogP contribution in [0.1, 0.15) is 13.8 Å². The average Bonchev–Trinajstić information content (AvgIpc) is 2.31. The number of nitrogens with two attached hydrogens (primary N) is 1. The molecule has 1 saturated heterocycles. The van der Waals surface area contributed by atoms with Gasteiger partial charge in [0.15, 0.2) is 5.82 Å². The fourth-order valence-corrected chi connectivity index (χ4v) is 2.54. The smallest absolute Gasteiger partial charge is 0.153 e. The van der Waals surface area contributed by atoms with Crippen molar-refractivity contribution in [2.45, 2.75) is 25.6 Å². The number of hydrogen-bond acceptors (Lipinski definition) is 6. The first-order valence-electron chi connectivity index (χ1n) is 6.10. The molecule has 0 aliphatic carbocycles. The summed E-state index contributed by atoms with van der Waals surface area (Å²) in [7, 11) is 1.66. The zero-order valence-electron chi connectivity index (χ0n) is 11.4. The van der Waals surface area contributed by atoms with E-state index in [1.807, 2.05) is 13.8 Å². The fraction of sp³-hybridized carbons (Fsp3) is 0.667. The predicted molar refractivity (Wildman–Crippen MR) is 74.5 cm³/mol. The second-order valence-electron chi connectivity index (χ2n) is 5.23. The lowest BCUT2D eigenvalue weighted by atomic mass is 10.1. The summed E-state index contributed by atoms with van der Waals surface area (Å²) in [6, 6.07) is 0.